The fourth-order valence-electron chi connectivity index (χ4n) is 4.11. The molecule has 0 amide bonds. The van der Waals surface area contributed by atoms with Crippen molar-refractivity contribution in [2.75, 3.05) is 11.9 Å². The van der Waals surface area contributed by atoms with E-state index in [1.54, 1.807) is 0 Å². The molecule has 0 bridgehead atoms. The van der Waals surface area contributed by atoms with Crippen LogP contribution in [0.3, 0.4) is 0 Å². The van der Waals surface area contributed by atoms with E-state index in [9.17, 15) is 4.79 Å². The van der Waals surface area contributed by atoms with Gasteiger partial charge in [-0.1, -0.05) is 48.5 Å². The van der Waals surface area contributed by atoms with Gasteiger partial charge >= 0.3 is 5.97 Å². The number of aromatic nitrogens is 2. The monoisotopic (exact) mass is 457 g/mol. The predicted octanol–water partition coefficient (Wildman–Crippen LogP) is 5.92. The molecule has 176 valence electrons. The second-order valence-corrected chi connectivity index (χ2v) is 8.39. The molecular weight excluding hydrogens is 426 g/mol. The Morgan fingerprint density at radius 3 is 2.44 bits per heavy atom. The number of ether oxygens (including phenoxy) is 2. The summed E-state index contributed by atoms with van der Waals surface area (Å²) < 4.78 is 13.3. The summed E-state index contributed by atoms with van der Waals surface area (Å²) in [7, 11) is 0. The van der Waals surface area contributed by atoms with Crippen LogP contribution in [0.15, 0.2) is 60.7 Å². The van der Waals surface area contributed by atoms with E-state index < -0.39 is 0 Å². The van der Waals surface area contributed by atoms with Gasteiger partial charge < -0.3 is 19.4 Å². The van der Waals surface area contributed by atoms with Crippen LogP contribution in [0.25, 0.3) is 11.0 Å². The van der Waals surface area contributed by atoms with Gasteiger partial charge in [0.25, 0.3) is 0 Å². The first kappa shape index (κ1) is 23.5. The van der Waals surface area contributed by atoms with E-state index in [0.29, 0.717) is 32.1 Å². The standard InChI is InChI=1S/C28H31N3O3/c1-5-34-28(32)23-14-25(29-16-24-19(2)10-9-11-20(24)3)27-26(15-23)31(21(4)30-27)18-33-17-22-12-7-6-8-13-22/h6-15,29H,5,16-18H2,1-4H3. The average Bonchev–Trinajstić information content (AvgIpc) is 3.15. The van der Waals surface area contributed by atoms with Crippen LogP contribution in [-0.4, -0.2) is 22.1 Å². The van der Waals surface area contributed by atoms with Crippen LogP contribution in [-0.2, 0) is 29.4 Å². The summed E-state index contributed by atoms with van der Waals surface area (Å²) in [5, 5.41) is 3.52. The van der Waals surface area contributed by atoms with E-state index in [4.69, 9.17) is 14.5 Å². The Balaban J connectivity index is 1.66. The third-order valence-electron chi connectivity index (χ3n) is 5.99. The first-order valence-corrected chi connectivity index (χ1v) is 11.6. The lowest BCUT2D eigenvalue weighted by atomic mass is 10.0. The van der Waals surface area contributed by atoms with Crippen molar-refractivity contribution in [2.24, 2.45) is 0 Å². The second kappa shape index (κ2) is 10.5. The van der Waals surface area contributed by atoms with E-state index in [1.165, 1.54) is 16.7 Å². The van der Waals surface area contributed by atoms with Crippen LogP contribution in [0, 0.1) is 20.8 Å². The number of nitrogens with zero attached hydrogens (tertiary/aromatic N) is 2. The summed E-state index contributed by atoms with van der Waals surface area (Å²) in [6.45, 7) is 9.76. The number of esters is 1. The van der Waals surface area contributed by atoms with Crippen molar-refractivity contribution in [3.8, 4) is 0 Å². The van der Waals surface area contributed by atoms with Gasteiger partial charge in [-0.05, 0) is 62.1 Å². The quantitative estimate of drug-likeness (QED) is 0.316. The second-order valence-electron chi connectivity index (χ2n) is 8.39. The minimum absolute atomic E-state index is 0.320. The first-order chi connectivity index (χ1) is 16.5. The maximum Gasteiger partial charge on any atom is 0.338 e. The molecule has 0 aliphatic carbocycles. The number of nitrogens with one attached hydrogen (secondary N) is 1. The van der Waals surface area contributed by atoms with Crippen molar-refractivity contribution in [3.05, 3.63) is 94.3 Å². The average molecular weight is 458 g/mol. The molecule has 0 aliphatic rings. The van der Waals surface area contributed by atoms with Gasteiger partial charge in [0.05, 0.1) is 30.0 Å². The minimum Gasteiger partial charge on any atom is -0.462 e. The summed E-state index contributed by atoms with van der Waals surface area (Å²) >= 11 is 0. The number of anilines is 1. The van der Waals surface area contributed by atoms with E-state index in [-0.39, 0.29) is 5.97 Å². The zero-order valence-electron chi connectivity index (χ0n) is 20.2. The Morgan fingerprint density at radius 1 is 1.00 bits per heavy atom. The van der Waals surface area contributed by atoms with Crippen molar-refractivity contribution in [3.63, 3.8) is 0 Å². The smallest absolute Gasteiger partial charge is 0.338 e. The lowest BCUT2D eigenvalue weighted by Gasteiger charge is -2.14. The Bertz CT molecular complexity index is 1280. The molecule has 0 saturated heterocycles. The number of benzene rings is 3. The minimum atomic E-state index is -0.352. The molecule has 0 atom stereocenters. The molecule has 4 aromatic rings. The number of imidazole rings is 1. The molecule has 1 heterocycles. The van der Waals surface area contributed by atoms with Crippen molar-refractivity contribution in [1.82, 2.24) is 9.55 Å². The van der Waals surface area contributed by atoms with Crippen LogP contribution in [0.5, 0.6) is 0 Å². The van der Waals surface area contributed by atoms with Crippen LogP contribution < -0.4 is 5.32 Å². The third-order valence-corrected chi connectivity index (χ3v) is 5.99. The molecule has 0 radical (unpaired) electrons. The van der Waals surface area contributed by atoms with Gasteiger partial charge in [0.2, 0.25) is 0 Å². The van der Waals surface area contributed by atoms with Crippen LogP contribution in [0.2, 0.25) is 0 Å². The molecule has 0 unspecified atom stereocenters. The van der Waals surface area contributed by atoms with Crippen molar-refractivity contribution in [2.45, 2.75) is 47.6 Å². The Morgan fingerprint density at radius 2 is 1.74 bits per heavy atom. The summed E-state index contributed by atoms with van der Waals surface area (Å²) in [5.74, 6) is 0.467. The third kappa shape index (κ3) is 5.13. The zero-order valence-corrected chi connectivity index (χ0v) is 20.2. The number of hydrogen-bond acceptors (Lipinski definition) is 5. The number of carbonyl (C=O) groups is 1. The van der Waals surface area contributed by atoms with Crippen LogP contribution in [0.4, 0.5) is 5.69 Å². The Kier molecular flexibility index (Phi) is 7.28. The summed E-state index contributed by atoms with van der Waals surface area (Å²) in [5.41, 5.74) is 7.71. The molecule has 6 heteroatoms. The van der Waals surface area contributed by atoms with E-state index >= 15 is 0 Å². The van der Waals surface area contributed by atoms with Crippen molar-refractivity contribution >= 4 is 22.7 Å². The van der Waals surface area contributed by atoms with Crippen LogP contribution >= 0.6 is 0 Å². The largest absolute Gasteiger partial charge is 0.462 e. The lowest BCUT2D eigenvalue weighted by Crippen LogP contribution is -2.09. The molecule has 0 aliphatic heterocycles. The summed E-state index contributed by atoms with van der Waals surface area (Å²) in [6, 6.07) is 20.0. The molecule has 0 spiro atoms. The van der Waals surface area contributed by atoms with Crippen LogP contribution in [0.1, 0.15) is 45.4 Å². The van der Waals surface area contributed by atoms with Gasteiger partial charge in [0.15, 0.2) is 0 Å². The van der Waals surface area contributed by atoms with Gasteiger partial charge in [-0.15, -0.1) is 0 Å². The van der Waals surface area contributed by atoms with E-state index in [1.807, 2.05) is 60.9 Å². The molecule has 1 aromatic heterocycles. The highest BCUT2D eigenvalue weighted by atomic mass is 16.5. The predicted molar refractivity (Wildman–Crippen MR) is 135 cm³/mol. The SMILES string of the molecule is CCOC(=O)c1cc(NCc2c(C)cccc2C)c2nc(C)n(COCc3ccccc3)c2c1. The maximum absolute atomic E-state index is 12.6. The van der Waals surface area contributed by atoms with E-state index in [2.05, 4.69) is 37.4 Å². The molecule has 1 N–H and O–H groups in total. The number of rotatable bonds is 9. The Labute approximate surface area is 200 Å². The van der Waals surface area contributed by atoms with Gasteiger partial charge in [-0.2, -0.15) is 0 Å². The topological polar surface area (TPSA) is 65.4 Å². The number of carbonyl (C=O) groups excluding carboxylic acids is 1. The van der Waals surface area contributed by atoms with Gasteiger partial charge in [-0.25, -0.2) is 9.78 Å². The number of aryl methyl sites for hydroxylation is 3. The van der Waals surface area contributed by atoms with Crippen molar-refractivity contribution in [1.29, 1.82) is 0 Å². The first-order valence-electron chi connectivity index (χ1n) is 11.6. The molecule has 34 heavy (non-hydrogen) atoms. The summed E-state index contributed by atoms with van der Waals surface area (Å²) in [4.78, 5) is 17.4. The number of fused-ring (bicyclic) bond motifs is 1. The van der Waals surface area contributed by atoms with E-state index in [0.717, 1.165) is 28.1 Å². The fraction of sp³-hybridized carbons (Fsp3) is 0.286. The fourth-order valence-corrected chi connectivity index (χ4v) is 4.11. The van der Waals surface area contributed by atoms with Crippen molar-refractivity contribution < 1.29 is 14.3 Å². The Hall–Kier alpha value is -3.64. The molecule has 4 rings (SSSR count). The molecular formula is C28H31N3O3. The normalized spacial score (nSPS) is 11.1. The highest BCUT2D eigenvalue weighted by Gasteiger charge is 2.17. The number of hydrogen-bond donors (Lipinski definition) is 1. The molecule has 0 fully saturated rings. The highest BCUT2D eigenvalue weighted by molar-refractivity contribution is 5.99. The summed E-state index contributed by atoms with van der Waals surface area (Å²) in [6.07, 6.45) is 0. The molecule has 6 nitrogen and oxygen atoms in total. The van der Waals surface area contributed by atoms with Gasteiger partial charge in [0, 0.05) is 6.54 Å². The lowest BCUT2D eigenvalue weighted by molar-refractivity contribution is 0.0526. The molecule has 0 saturated carbocycles. The van der Waals surface area contributed by atoms with Gasteiger partial charge in [-0.3, -0.25) is 0 Å². The van der Waals surface area contributed by atoms with Gasteiger partial charge in [0.1, 0.15) is 18.1 Å². The highest BCUT2D eigenvalue weighted by Crippen LogP contribution is 2.28. The zero-order chi connectivity index (χ0) is 24.1. The molecule has 3 aromatic carbocycles. The maximum atomic E-state index is 12.6.